The van der Waals surface area contributed by atoms with Gasteiger partial charge in [-0.05, 0) is 37.5 Å². The Bertz CT molecular complexity index is 465. The van der Waals surface area contributed by atoms with Gasteiger partial charge in [-0.3, -0.25) is 0 Å². The Hall–Kier alpha value is -1.63. The second kappa shape index (κ2) is 4.93. The lowest BCUT2D eigenvalue weighted by molar-refractivity contribution is -0.137. The van der Waals surface area contributed by atoms with Crippen LogP contribution in [0.3, 0.4) is 0 Å². The minimum atomic E-state index is -4.40. The summed E-state index contributed by atoms with van der Waals surface area (Å²) in [6.07, 6.45) is 3.91. The highest BCUT2D eigenvalue weighted by Crippen LogP contribution is 2.34. The minimum absolute atomic E-state index is 0.0942. The molecule has 4 heteroatoms. The molecule has 1 nitrogen and oxygen atoms in total. The summed E-state index contributed by atoms with van der Waals surface area (Å²) in [5.74, 6) is 2.09. The molecule has 96 valence electrons. The first-order valence-corrected chi connectivity index (χ1v) is 5.95. The summed E-state index contributed by atoms with van der Waals surface area (Å²) in [5, 5.41) is 0. The monoisotopic (exact) mass is 253 g/mol. The lowest BCUT2D eigenvalue weighted by Gasteiger charge is -2.29. The van der Waals surface area contributed by atoms with Crippen LogP contribution in [-0.2, 0) is 6.18 Å². The third-order valence-electron chi connectivity index (χ3n) is 3.19. The van der Waals surface area contributed by atoms with E-state index < -0.39 is 11.7 Å². The number of halogens is 3. The van der Waals surface area contributed by atoms with Gasteiger partial charge in [0, 0.05) is 24.3 Å². The van der Waals surface area contributed by atoms with Crippen molar-refractivity contribution in [2.75, 3.05) is 18.0 Å². The van der Waals surface area contributed by atoms with Gasteiger partial charge in [0.15, 0.2) is 0 Å². The standard InChI is InChI=1S/C14H14F3N/c1-2-11-6-7-12(10-13(11)14(15,16)17)18-8-4-3-5-9-18/h1,6-7,10H,3-5,8-9H2. The number of anilines is 1. The number of hydrogen-bond donors (Lipinski definition) is 0. The van der Waals surface area contributed by atoms with Crippen molar-refractivity contribution in [3.05, 3.63) is 29.3 Å². The predicted molar refractivity (Wildman–Crippen MR) is 65.4 cm³/mol. The topological polar surface area (TPSA) is 3.24 Å². The highest BCUT2D eigenvalue weighted by molar-refractivity contribution is 5.55. The number of piperidine rings is 1. The van der Waals surface area contributed by atoms with Crippen molar-refractivity contribution in [2.24, 2.45) is 0 Å². The average molecular weight is 253 g/mol. The molecule has 18 heavy (non-hydrogen) atoms. The van der Waals surface area contributed by atoms with Crippen LogP contribution in [0.2, 0.25) is 0 Å². The highest BCUT2D eigenvalue weighted by Gasteiger charge is 2.33. The Morgan fingerprint density at radius 1 is 1.11 bits per heavy atom. The zero-order valence-corrected chi connectivity index (χ0v) is 9.93. The molecule has 1 aliphatic heterocycles. The Labute approximate surface area is 105 Å². The molecule has 1 aliphatic rings. The fourth-order valence-corrected chi connectivity index (χ4v) is 2.24. The van der Waals surface area contributed by atoms with Crippen molar-refractivity contribution in [3.63, 3.8) is 0 Å². The fraction of sp³-hybridized carbons (Fsp3) is 0.429. The van der Waals surface area contributed by atoms with E-state index in [4.69, 9.17) is 6.42 Å². The molecule has 0 saturated carbocycles. The van der Waals surface area contributed by atoms with Crippen LogP contribution in [-0.4, -0.2) is 13.1 Å². The third kappa shape index (κ3) is 2.61. The van der Waals surface area contributed by atoms with Crippen molar-refractivity contribution in [1.29, 1.82) is 0 Å². The zero-order chi connectivity index (χ0) is 13.2. The number of benzene rings is 1. The van der Waals surface area contributed by atoms with Crippen molar-refractivity contribution in [1.82, 2.24) is 0 Å². The first-order valence-electron chi connectivity index (χ1n) is 5.95. The maximum Gasteiger partial charge on any atom is 0.417 e. The summed E-state index contributed by atoms with van der Waals surface area (Å²) < 4.78 is 38.6. The SMILES string of the molecule is C#Cc1ccc(N2CCCCC2)cc1C(F)(F)F. The maximum absolute atomic E-state index is 12.9. The van der Waals surface area contributed by atoms with E-state index >= 15 is 0 Å². The molecular formula is C14H14F3N. The largest absolute Gasteiger partial charge is 0.417 e. The lowest BCUT2D eigenvalue weighted by atomic mass is 10.0. The fourth-order valence-electron chi connectivity index (χ4n) is 2.24. The first-order chi connectivity index (χ1) is 8.52. The van der Waals surface area contributed by atoms with E-state index in [0.29, 0.717) is 5.69 Å². The molecule has 0 radical (unpaired) electrons. The van der Waals surface area contributed by atoms with Crippen LogP contribution in [0.4, 0.5) is 18.9 Å². The van der Waals surface area contributed by atoms with Gasteiger partial charge in [0.05, 0.1) is 5.56 Å². The molecule has 1 heterocycles. The van der Waals surface area contributed by atoms with Gasteiger partial charge in [-0.1, -0.05) is 5.92 Å². The molecule has 1 aromatic rings. The van der Waals surface area contributed by atoms with Gasteiger partial charge in [-0.15, -0.1) is 6.42 Å². The molecule has 0 N–H and O–H groups in total. The molecule has 0 aromatic heterocycles. The van der Waals surface area contributed by atoms with Gasteiger partial charge in [-0.25, -0.2) is 0 Å². The zero-order valence-electron chi connectivity index (χ0n) is 9.93. The van der Waals surface area contributed by atoms with Gasteiger partial charge < -0.3 is 4.90 Å². The smallest absolute Gasteiger partial charge is 0.372 e. The molecule has 0 aliphatic carbocycles. The molecular weight excluding hydrogens is 239 g/mol. The summed E-state index contributed by atoms with van der Waals surface area (Å²) >= 11 is 0. The number of nitrogens with zero attached hydrogens (tertiary/aromatic N) is 1. The van der Waals surface area contributed by atoms with Crippen LogP contribution in [0.15, 0.2) is 18.2 Å². The summed E-state index contributed by atoms with van der Waals surface area (Å²) in [7, 11) is 0. The van der Waals surface area contributed by atoms with Crippen LogP contribution < -0.4 is 4.90 Å². The van der Waals surface area contributed by atoms with E-state index in [0.717, 1.165) is 32.4 Å². The molecule has 0 unspecified atom stereocenters. The van der Waals surface area contributed by atoms with Gasteiger partial charge >= 0.3 is 6.18 Å². The third-order valence-corrected chi connectivity index (χ3v) is 3.19. The Morgan fingerprint density at radius 2 is 1.78 bits per heavy atom. The van der Waals surface area contributed by atoms with Gasteiger partial charge in [-0.2, -0.15) is 13.2 Å². The van der Waals surface area contributed by atoms with E-state index in [-0.39, 0.29) is 5.56 Å². The average Bonchev–Trinajstić information content (AvgIpc) is 2.38. The summed E-state index contributed by atoms with van der Waals surface area (Å²) in [4.78, 5) is 1.99. The van der Waals surface area contributed by atoms with Crippen molar-refractivity contribution in [2.45, 2.75) is 25.4 Å². The second-order valence-electron chi connectivity index (χ2n) is 4.42. The summed E-state index contributed by atoms with van der Waals surface area (Å²) in [6.45, 7) is 1.62. The molecule has 0 bridgehead atoms. The van der Waals surface area contributed by atoms with Crippen LogP contribution in [0.5, 0.6) is 0 Å². The van der Waals surface area contributed by atoms with Crippen LogP contribution in [0.25, 0.3) is 0 Å². The molecule has 1 aromatic carbocycles. The Morgan fingerprint density at radius 3 is 2.33 bits per heavy atom. The molecule has 2 rings (SSSR count). The number of hydrogen-bond acceptors (Lipinski definition) is 1. The van der Waals surface area contributed by atoms with E-state index in [1.807, 2.05) is 4.90 Å². The molecule has 0 amide bonds. The van der Waals surface area contributed by atoms with Crippen molar-refractivity contribution < 1.29 is 13.2 Å². The maximum atomic E-state index is 12.9. The second-order valence-corrected chi connectivity index (χ2v) is 4.42. The first kappa shape index (κ1) is 12.8. The van der Waals surface area contributed by atoms with Crippen molar-refractivity contribution >= 4 is 5.69 Å². The predicted octanol–water partition coefficient (Wildman–Crippen LogP) is 3.68. The molecule has 1 fully saturated rings. The minimum Gasteiger partial charge on any atom is -0.372 e. The number of terminal acetylenes is 1. The molecule has 0 spiro atoms. The van der Waals surface area contributed by atoms with E-state index in [1.165, 1.54) is 12.1 Å². The number of rotatable bonds is 1. The number of alkyl halides is 3. The van der Waals surface area contributed by atoms with Crippen LogP contribution in [0, 0.1) is 12.3 Å². The quantitative estimate of drug-likeness (QED) is 0.690. The van der Waals surface area contributed by atoms with E-state index in [2.05, 4.69) is 5.92 Å². The highest BCUT2D eigenvalue weighted by atomic mass is 19.4. The van der Waals surface area contributed by atoms with E-state index in [9.17, 15) is 13.2 Å². The van der Waals surface area contributed by atoms with Crippen LogP contribution >= 0.6 is 0 Å². The Kier molecular flexibility index (Phi) is 3.51. The lowest BCUT2D eigenvalue weighted by Crippen LogP contribution is -2.29. The Balaban J connectivity index is 2.37. The normalized spacial score (nSPS) is 16.4. The summed E-state index contributed by atoms with van der Waals surface area (Å²) in [5.41, 5.74) is -0.197. The molecule has 1 saturated heterocycles. The van der Waals surface area contributed by atoms with Gasteiger partial charge in [0.1, 0.15) is 0 Å². The van der Waals surface area contributed by atoms with Crippen LogP contribution in [0.1, 0.15) is 30.4 Å². The van der Waals surface area contributed by atoms with Crippen molar-refractivity contribution in [3.8, 4) is 12.3 Å². The summed E-state index contributed by atoms with van der Waals surface area (Å²) in [6, 6.07) is 4.23. The van der Waals surface area contributed by atoms with E-state index in [1.54, 1.807) is 6.07 Å². The van der Waals surface area contributed by atoms with Gasteiger partial charge in [0.2, 0.25) is 0 Å². The molecule has 0 atom stereocenters. The van der Waals surface area contributed by atoms with Gasteiger partial charge in [0.25, 0.3) is 0 Å².